The Labute approximate surface area is 180 Å². The molecule has 2 rings (SSSR count). The van der Waals surface area contributed by atoms with Crippen molar-refractivity contribution in [2.45, 2.75) is 39.8 Å². The molecular weight excluding hydrogens is 513 g/mol. The van der Waals surface area contributed by atoms with Crippen molar-refractivity contribution in [3.63, 3.8) is 0 Å². The Balaban J connectivity index is 0.00000312. The molecule has 2 heterocycles. The first-order chi connectivity index (χ1) is 11.6. The first-order valence-electron chi connectivity index (χ1n) is 8.31. The molecule has 0 unspecified atom stereocenters. The summed E-state index contributed by atoms with van der Waals surface area (Å²) in [5.41, 5.74) is 0. The van der Waals surface area contributed by atoms with E-state index in [-0.39, 0.29) is 24.0 Å². The molecule has 0 bridgehead atoms. The molecule has 0 aliphatic rings. The summed E-state index contributed by atoms with van der Waals surface area (Å²) in [7, 11) is 2.09. The summed E-state index contributed by atoms with van der Waals surface area (Å²) in [4.78, 5) is 12.5. The van der Waals surface area contributed by atoms with Crippen LogP contribution in [0.1, 0.15) is 30.5 Å². The molecule has 5 nitrogen and oxygen atoms in total. The number of aliphatic imine (C=N–C) groups is 1. The van der Waals surface area contributed by atoms with Crippen LogP contribution in [0.4, 0.5) is 0 Å². The predicted octanol–water partition coefficient (Wildman–Crippen LogP) is 4.51. The number of hydrogen-bond acceptors (Lipinski definition) is 3. The lowest BCUT2D eigenvalue weighted by molar-refractivity contribution is 0.480. The molecule has 25 heavy (non-hydrogen) atoms. The molecule has 2 aromatic heterocycles. The van der Waals surface area contributed by atoms with Gasteiger partial charge in [0.1, 0.15) is 5.82 Å². The second kappa shape index (κ2) is 11.9. The summed E-state index contributed by atoms with van der Waals surface area (Å²) in [5.74, 6) is 2.05. The highest BCUT2D eigenvalue weighted by atomic mass is 127. The number of halogens is 2. The van der Waals surface area contributed by atoms with Crippen LogP contribution < -0.4 is 5.32 Å². The molecule has 0 aliphatic carbocycles. The Morgan fingerprint density at radius 2 is 2.20 bits per heavy atom. The van der Waals surface area contributed by atoms with Gasteiger partial charge in [-0.2, -0.15) is 0 Å². The normalized spacial score (nSPS) is 11.3. The fraction of sp³-hybridized carbons (Fsp3) is 0.529. The van der Waals surface area contributed by atoms with Gasteiger partial charge in [-0.05, 0) is 54.8 Å². The number of nitrogens with zero attached hydrogens (tertiary/aromatic N) is 4. The highest BCUT2D eigenvalue weighted by molar-refractivity contribution is 14.0. The standard InChI is InChI=1S/C17H26BrN5S.HI/c1-4-19-17(22(3)13-15-7-8-16(18)24-15)21-9-5-6-11-23-12-10-20-14(23)2;/h7-8,10,12H,4-6,9,11,13H2,1-3H3,(H,19,21);1H. The average molecular weight is 540 g/mol. The third-order valence-corrected chi connectivity index (χ3v) is 5.32. The monoisotopic (exact) mass is 539 g/mol. The molecule has 0 saturated carbocycles. The highest BCUT2D eigenvalue weighted by Gasteiger charge is 2.08. The first-order valence-corrected chi connectivity index (χ1v) is 9.92. The number of aryl methyl sites for hydroxylation is 2. The van der Waals surface area contributed by atoms with E-state index < -0.39 is 0 Å². The molecule has 0 fully saturated rings. The zero-order valence-electron chi connectivity index (χ0n) is 15.0. The van der Waals surface area contributed by atoms with Gasteiger partial charge in [-0.25, -0.2) is 4.98 Å². The summed E-state index contributed by atoms with van der Waals surface area (Å²) in [6, 6.07) is 4.25. The third-order valence-electron chi connectivity index (χ3n) is 3.71. The molecule has 140 valence electrons. The number of imidazole rings is 1. The highest BCUT2D eigenvalue weighted by Crippen LogP contribution is 2.22. The average Bonchev–Trinajstić information content (AvgIpc) is 3.14. The van der Waals surface area contributed by atoms with Crippen LogP contribution in [0.2, 0.25) is 0 Å². The van der Waals surface area contributed by atoms with Gasteiger partial charge in [0.15, 0.2) is 5.96 Å². The quantitative estimate of drug-likeness (QED) is 0.232. The van der Waals surface area contributed by atoms with Crippen LogP contribution >= 0.6 is 51.2 Å². The summed E-state index contributed by atoms with van der Waals surface area (Å²) in [6.45, 7) is 7.75. The van der Waals surface area contributed by atoms with E-state index in [1.807, 2.05) is 19.3 Å². The number of unbranched alkanes of at least 4 members (excludes halogenated alkanes) is 1. The molecule has 0 radical (unpaired) electrons. The lowest BCUT2D eigenvalue weighted by atomic mass is 10.3. The summed E-state index contributed by atoms with van der Waals surface area (Å²) in [6.07, 6.45) is 6.08. The molecular formula is C17H27BrIN5S. The molecule has 8 heteroatoms. The summed E-state index contributed by atoms with van der Waals surface area (Å²) < 4.78 is 3.36. The van der Waals surface area contributed by atoms with Gasteiger partial charge < -0.3 is 14.8 Å². The SMILES string of the molecule is CCNC(=NCCCCn1ccnc1C)N(C)Cc1ccc(Br)s1.I. The number of rotatable bonds is 8. The number of guanidine groups is 1. The van der Waals surface area contributed by atoms with Crippen LogP contribution in [0.15, 0.2) is 33.3 Å². The van der Waals surface area contributed by atoms with Crippen molar-refractivity contribution < 1.29 is 0 Å². The Hall–Kier alpha value is -0.610. The van der Waals surface area contributed by atoms with E-state index in [0.717, 1.165) is 50.8 Å². The van der Waals surface area contributed by atoms with Crippen molar-refractivity contribution in [2.75, 3.05) is 20.1 Å². The van der Waals surface area contributed by atoms with Crippen LogP contribution in [0, 0.1) is 6.92 Å². The summed E-state index contributed by atoms with van der Waals surface area (Å²) >= 11 is 5.28. The zero-order chi connectivity index (χ0) is 17.4. The van der Waals surface area contributed by atoms with Gasteiger partial charge in [-0.15, -0.1) is 35.3 Å². The lowest BCUT2D eigenvalue weighted by Crippen LogP contribution is -2.38. The minimum Gasteiger partial charge on any atom is -0.357 e. The number of hydrogen-bond donors (Lipinski definition) is 1. The van der Waals surface area contributed by atoms with E-state index in [1.165, 1.54) is 8.66 Å². The lowest BCUT2D eigenvalue weighted by Gasteiger charge is -2.21. The maximum Gasteiger partial charge on any atom is 0.193 e. The van der Waals surface area contributed by atoms with Gasteiger partial charge >= 0.3 is 0 Å². The number of nitrogens with one attached hydrogen (secondary N) is 1. The minimum absolute atomic E-state index is 0. The van der Waals surface area contributed by atoms with Crippen molar-refractivity contribution in [1.82, 2.24) is 19.8 Å². The van der Waals surface area contributed by atoms with Gasteiger partial charge in [0.05, 0.1) is 10.3 Å². The number of aromatic nitrogens is 2. The third kappa shape index (κ3) is 7.65. The van der Waals surface area contributed by atoms with E-state index in [0.29, 0.717) is 0 Å². The predicted molar refractivity (Wildman–Crippen MR) is 121 cm³/mol. The maximum absolute atomic E-state index is 4.76. The Morgan fingerprint density at radius 1 is 1.40 bits per heavy atom. The first kappa shape index (κ1) is 22.4. The molecule has 1 N–H and O–H groups in total. The van der Waals surface area contributed by atoms with E-state index >= 15 is 0 Å². The van der Waals surface area contributed by atoms with E-state index in [4.69, 9.17) is 4.99 Å². The zero-order valence-corrected chi connectivity index (χ0v) is 19.8. The fourth-order valence-corrected chi connectivity index (χ4v) is 3.97. The molecule has 0 aliphatic heterocycles. The van der Waals surface area contributed by atoms with Crippen LogP contribution in [-0.4, -0.2) is 40.5 Å². The summed E-state index contributed by atoms with van der Waals surface area (Å²) in [5, 5.41) is 3.38. The van der Waals surface area contributed by atoms with Gasteiger partial charge in [-0.1, -0.05) is 0 Å². The Bertz CT molecular complexity index is 655. The molecule has 2 aromatic rings. The molecule has 0 spiro atoms. The molecule has 0 atom stereocenters. The van der Waals surface area contributed by atoms with Crippen LogP contribution in [-0.2, 0) is 13.1 Å². The van der Waals surface area contributed by atoms with Crippen LogP contribution in [0.3, 0.4) is 0 Å². The molecule has 0 amide bonds. The second-order valence-corrected chi connectivity index (χ2v) is 8.22. The van der Waals surface area contributed by atoms with Crippen LogP contribution in [0.25, 0.3) is 0 Å². The fourth-order valence-electron chi connectivity index (χ4n) is 2.43. The Kier molecular flexibility index (Phi) is 10.7. The molecule has 0 aromatic carbocycles. The smallest absolute Gasteiger partial charge is 0.193 e. The van der Waals surface area contributed by atoms with E-state index in [2.05, 4.69) is 61.8 Å². The topological polar surface area (TPSA) is 45.5 Å². The molecule has 0 saturated heterocycles. The van der Waals surface area contributed by atoms with Crippen molar-refractivity contribution in [1.29, 1.82) is 0 Å². The minimum atomic E-state index is 0. The van der Waals surface area contributed by atoms with Crippen molar-refractivity contribution in [3.05, 3.63) is 39.0 Å². The van der Waals surface area contributed by atoms with E-state index in [9.17, 15) is 0 Å². The van der Waals surface area contributed by atoms with Gasteiger partial charge in [0, 0.05) is 44.0 Å². The number of thiophene rings is 1. The van der Waals surface area contributed by atoms with Gasteiger partial charge in [0.2, 0.25) is 0 Å². The largest absolute Gasteiger partial charge is 0.357 e. The van der Waals surface area contributed by atoms with Crippen LogP contribution in [0.5, 0.6) is 0 Å². The Morgan fingerprint density at radius 3 is 2.80 bits per heavy atom. The van der Waals surface area contributed by atoms with Crippen molar-refractivity contribution >= 4 is 57.2 Å². The van der Waals surface area contributed by atoms with E-state index in [1.54, 1.807) is 11.3 Å². The second-order valence-electron chi connectivity index (χ2n) is 5.67. The maximum atomic E-state index is 4.76. The van der Waals surface area contributed by atoms with Gasteiger partial charge in [0.25, 0.3) is 0 Å². The van der Waals surface area contributed by atoms with Gasteiger partial charge in [-0.3, -0.25) is 4.99 Å². The van der Waals surface area contributed by atoms with Crippen molar-refractivity contribution in [2.24, 2.45) is 4.99 Å². The van der Waals surface area contributed by atoms with Crippen molar-refractivity contribution in [3.8, 4) is 0 Å².